The molecule has 2 aromatic carbocycles. The maximum Gasteiger partial charge on any atom is 0.317 e. The fourth-order valence-electron chi connectivity index (χ4n) is 3.22. The van der Waals surface area contributed by atoms with Crippen LogP contribution in [0.15, 0.2) is 67.0 Å². The molecule has 0 fully saturated rings. The van der Waals surface area contributed by atoms with E-state index >= 15 is 0 Å². The minimum Gasteiger partial charge on any atom is -0.342 e. The number of imidazole rings is 1. The van der Waals surface area contributed by atoms with Crippen LogP contribution in [0.5, 0.6) is 0 Å². The van der Waals surface area contributed by atoms with Crippen molar-refractivity contribution in [3.8, 4) is 0 Å². The van der Waals surface area contributed by atoms with Crippen LogP contribution in [0.3, 0.4) is 0 Å². The minimum absolute atomic E-state index is 0.0845. The average Bonchev–Trinajstić information content (AvgIpc) is 3.18. The van der Waals surface area contributed by atoms with Gasteiger partial charge in [-0.3, -0.25) is 4.79 Å². The van der Waals surface area contributed by atoms with E-state index in [-0.39, 0.29) is 30.7 Å². The van der Waals surface area contributed by atoms with Crippen molar-refractivity contribution >= 4 is 11.9 Å². The van der Waals surface area contributed by atoms with E-state index in [1.54, 1.807) is 41.0 Å². The number of urea groups is 1. The van der Waals surface area contributed by atoms with Crippen LogP contribution in [-0.2, 0) is 18.4 Å². The molecule has 0 radical (unpaired) electrons. The molecule has 162 valence electrons. The number of carbonyl (C=O) groups is 2. The summed E-state index contributed by atoms with van der Waals surface area (Å²) in [7, 11) is 3.51. The number of rotatable bonds is 8. The van der Waals surface area contributed by atoms with Crippen LogP contribution in [-0.4, -0.2) is 40.0 Å². The molecular weight excluding hydrogens is 397 g/mol. The molecule has 8 heteroatoms. The number of hydrogen-bond acceptors (Lipinski definition) is 3. The molecule has 1 aromatic heterocycles. The highest BCUT2D eigenvalue weighted by atomic mass is 19.1. The molecule has 1 heterocycles. The third kappa shape index (κ3) is 6.15. The molecule has 0 aliphatic carbocycles. The van der Waals surface area contributed by atoms with Crippen LogP contribution in [0, 0.1) is 5.82 Å². The summed E-state index contributed by atoms with van der Waals surface area (Å²) in [5.41, 5.74) is 1.61. The van der Waals surface area contributed by atoms with Gasteiger partial charge in [-0.05, 0) is 23.3 Å². The molecule has 0 spiro atoms. The minimum atomic E-state index is -0.598. The summed E-state index contributed by atoms with van der Waals surface area (Å²) in [6.07, 6.45) is 3.47. The number of hydrogen-bond donors (Lipinski definition) is 2. The van der Waals surface area contributed by atoms with Crippen LogP contribution in [0.2, 0.25) is 0 Å². The van der Waals surface area contributed by atoms with E-state index in [1.165, 1.54) is 12.1 Å². The second-order valence-corrected chi connectivity index (χ2v) is 7.28. The molecule has 3 rings (SSSR count). The van der Waals surface area contributed by atoms with Crippen LogP contribution in [0.4, 0.5) is 9.18 Å². The number of nitrogens with zero attached hydrogens (tertiary/aromatic N) is 3. The monoisotopic (exact) mass is 423 g/mol. The quantitative estimate of drug-likeness (QED) is 0.585. The van der Waals surface area contributed by atoms with Gasteiger partial charge >= 0.3 is 6.03 Å². The molecule has 2 N–H and O–H groups in total. The summed E-state index contributed by atoms with van der Waals surface area (Å²) in [6, 6.07) is 14.8. The standard InChI is InChI=1S/C23H26FN5O2/c1-28-14-13-25-22(28)21(18-9-6-10-19(24)15-18)27-20(30)11-12-26-23(31)29(2)16-17-7-4-3-5-8-17/h3-10,13-15,21H,11-12,16H2,1-2H3,(H,26,31)(H,27,30). The molecule has 7 nitrogen and oxygen atoms in total. The predicted molar refractivity (Wildman–Crippen MR) is 116 cm³/mol. The molecule has 0 saturated carbocycles. The molecule has 1 unspecified atom stereocenters. The van der Waals surface area contributed by atoms with E-state index < -0.39 is 6.04 Å². The Labute approximate surface area is 180 Å². The Hall–Kier alpha value is -3.68. The van der Waals surface area contributed by atoms with Gasteiger partial charge < -0.3 is 20.1 Å². The smallest absolute Gasteiger partial charge is 0.317 e. The average molecular weight is 423 g/mol. The molecule has 0 saturated heterocycles. The van der Waals surface area contributed by atoms with Crippen molar-refractivity contribution in [2.75, 3.05) is 13.6 Å². The Morgan fingerprint density at radius 1 is 1.16 bits per heavy atom. The Morgan fingerprint density at radius 2 is 1.94 bits per heavy atom. The van der Waals surface area contributed by atoms with Crippen molar-refractivity contribution in [2.45, 2.75) is 19.0 Å². The Morgan fingerprint density at radius 3 is 2.61 bits per heavy atom. The fourth-order valence-corrected chi connectivity index (χ4v) is 3.22. The molecule has 31 heavy (non-hydrogen) atoms. The van der Waals surface area contributed by atoms with Gasteiger partial charge in [0.2, 0.25) is 5.91 Å². The lowest BCUT2D eigenvalue weighted by Gasteiger charge is -2.20. The van der Waals surface area contributed by atoms with Crippen molar-refractivity contribution in [3.05, 3.63) is 89.8 Å². The molecule has 3 amide bonds. The zero-order valence-electron chi connectivity index (χ0n) is 17.6. The SMILES string of the molecule is CN(Cc1ccccc1)C(=O)NCCC(=O)NC(c1cccc(F)c1)c1nccn1C. The molecule has 0 aliphatic rings. The van der Waals surface area contributed by atoms with Gasteiger partial charge in [-0.2, -0.15) is 0 Å². The zero-order chi connectivity index (χ0) is 22.2. The molecule has 0 aliphatic heterocycles. The Balaban J connectivity index is 1.55. The summed E-state index contributed by atoms with van der Waals surface area (Å²) in [5, 5.41) is 5.64. The topological polar surface area (TPSA) is 79.3 Å². The van der Waals surface area contributed by atoms with Gasteiger partial charge in [0.15, 0.2) is 0 Å². The van der Waals surface area contributed by atoms with E-state index in [2.05, 4.69) is 15.6 Å². The first-order valence-corrected chi connectivity index (χ1v) is 9.99. The highest BCUT2D eigenvalue weighted by Crippen LogP contribution is 2.21. The number of aromatic nitrogens is 2. The second kappa shape index (κ2) is 10.4. The van der Waals surface area contributed by atoms with Crippen LogP contribution < -0.4 is 10.6 Å². The van der Waals surface area contributed by atoms with Crippen molar-refractivity contribution < 1.29 is 14.0 Å². The molecule has 3 aromatic rings. The lowest BCUT2D eigenvalue weighted by molar-refractivity contribution is -0.121. The van der Waals surface area contributed by atoms with Crippen molar-refractivity contribution in [1.29, 1.82) is 0 Å². The Kier molecular flexibility index (Phi) is 7.37. The van der Waals surface area contributed by atoms with E-state index in [0.717, 1.165) is 5.56 Å². The van der Waals surface area contributed by atoms with E-state index in [1.807, 2.05) is 37.4 Å². The molecule has 1 atom stereocenters. The summed E-state index contributed by atoms with van der Waals surface area (Å²) in [5.74, 6) is -0.0754. The first-order chi connectivity index (χ1) is 14.9. The lowest BCUT2D eigenvalue weighted by atomic mass is 10.1. The molecular formula is C23H26FN5O2. The van der Waals surface area contributed by atoms with Gasteiger partial charge in [0.1, 0.15) is 17.7 Å². The third-order valence-electron chi connectivity index (χ3n) is 4.84. The largest absolute Gasteiger partial charge is 0.342 e. The maximum absolute atomic E-state index is 13.7. The number of carbonyl (C=O) groups excluding carboxylic acids is 2. The summed E-state index contributed by atoms with van der Waals surface area (Å²) in [4.78, 5) is 30.7. The van der Waals surface area contributed by atoms with E-state index in [9.17, 15) is 14.0 Å². The van der Waals surface area contributed by atoms with Gasteiger partial charge in [0, 0.05) is 46.0 Å². The number of benzene rings is 2. The maximum atomic E-state index is 13.7. The predicted octanol–water partition coefficient (Wildman–Crippen LogP) is 3.00. The number of halogens is 1. The highest BCUT2D eigenvalue weighted by molar-refractivity contribution is 5.78. The zero-order valence-corrected chi connectivity index (χ0v) is 17.6. The first kappa shape index (κ1) is 22.0. The number of aryl methyl sites for hydroxylation is 1. The van der Waals surface area contributed by atoms with Crippen LogP contribution in [0.25, 0.3) is 0 Å². The van der Waals surface area contributed by atoms with Crippen molar-refractivity contribution in [3.63, 3.8) is 0 Å². The van der Waals surface area contributed by atoms with Crippen molar-refractivity contribution in [2.24, 2.45) is 7.05 Å². The molecule has 0 bridgehead atoms. The van der Waals surface area contributed by atoms with E-state index in [0.29, 0.717) is 17.9 Å². The Bertz CT molecular complexity index is 1020. The fraction of sp³-hybridized carbons (Fsp3) is 0.261. The number of amides is 3. The van der Waals surface area contributed by atoms with Gasteiger partial charge in [0.05, 0.1) is 0 Å². The first-order valence-electron chi connectivity index (χ1n) is 9.99. The van der Waals surface area contributed by atoms with Gasteiger partial charge in [-0.15, -0.1) is 0 Å². The van der Waals surface area contributed by atoms with Crippen molar-refractivity contribution in [1.82, 2.24) is 25.1 Å². The third-order valence-corrected chi connectivity index (χ3v) is 4.84. The van der Waals surface area contributed by atoms with Gasteiger partial charge in [-0.25, -0.2) is 14.2 Å². The second-order valence-electron chi connectivity index (χ2n) is 7.28. The normalized spacial score (nSPS) is 11.6. The highest BCUT2D eigenvalue weighted by Gasteiger charge is 2.21. The number of nitrogens with one attached hydrogen (secondary N) is 2. The van der Waals surface area contributed by atoms with Gasteiger partial charge in [0.25, 0.3) is 0 Å². The summed E-state index contributed by atoms with van der Waals surface area (Å²) < 4.78 is 15.5. The van der Waals surface area contributed by atoms with Gasteiger partial charge in [-0.1, -0.05) is 42.5 Å². The summed E-state index contributed by atoms with van der Waals surface area (Å²) in [6.45, 7) is 0.653. The lowest BCUT2D eigenvalue weighted by Crippen LogP contribution is -2.39. The van der Waals surface area contributed by atoms with Crippen LogP contribution in [0.1, 0.15) is 29.4 Å². The summed E-state index contributed by atoms with van der Waals surface area (Å²) >= 11 is 0. The van der Waals surface area contributed by atoms with E-state index in [4.69, 9.17) is 0 Å². The van der Waals surface area contributed by atoms with Crippen LogP contribution >= 0.6 is 0 Å².